The van der Waals surface area contributed by atoms with Gasteiger partial charge in [0.05, 0.1) is 7.11 Å². The average molecular weight is 477 g/mol. The van der Waals surface area contributed by atoms with Crippen molar-refractivity contribution in [2.45, 2.75) is 32.9 Å². The average Bonchev–Trinajstić information content (AvgIpc) is 2.81. The van der Waals surface area contributed by atoms with E-state index in [1.165, 1.54) is 19.2 Å². The number of nitrogens with one attached hydrogen (secondary N) is 2. The first-order chi connectivity index (χ1) is 16.6. The van der Waals surface area contributed by atoms with Crippen LogP contribution in [0.2, 0.25) is 0 Å². The molecule has 0 aromatic heterocycles. The van der Waals surface area contributed by atoms with E-state index in [2.05, 4.69) is 15.4 Å². The predicted molar refractivity (Wildman–Crippen MR) is 132 cm³/mol. The van der Waals surface area contributed by atoms with Gasteiger partial charge in [0.15, 0.2) is 0 Å². The van der Waals surface area contributed by atoms with Crippen LogP contribution >= 0.6 is 0 Å². The Bertz CT molecular complexity index is 1250. The first-order valence-corrected chi connectivity index (χ1v) is 10.9. The van der Waals surface area contributed by atoms with Gasteiger partial charge in [-0.05, 0) is 73.9 Å². The number of hydrogen-bond donors (Lipinski definition) is 3. The zero-order valence-electron chi connectivity index (χ0n) is 20.0. The number of methoxy groups -OCH3 is 1. The van der Waals surface area contributed by atoms with Crippen molar-refractivity contribution in [1.82, 2.24) is 5.32 Å². The molecule has 0 radical (unpaired) electrons. The summed E-state index contributed by atoms with van der Waals surface area (Å²) in [5.74, 6) is -1.16. The molecule has 0 saturated heterocycles. The number of benzene rings is 3. The second kappa shape index (κ2) is 10.7. The maximum absolute atomic E-state index is 12.9. The van der Waals surface area contributed by atoms with Gasteiger partial charge in [-0.1, -0.05) is 30.3 Å². The Balaban J connectivity index is 1.70. The number of aromatic hydroxyl groups is 1. The normalized spacial score (nSPS) is 10.9. The van der Waals surface area contributed by atoms with Gasteiger partial charge in [0.25, 0.3) is 5.91 Å². The Morgan fingerprint density at radius 1 is 0.914 bits per heavy atom. The second-order valence-corrected chi connectivity index (χ2v) is 8.81. The summed E-state index contributed by atoms with van der Waals surface area (Å²) < 4.78 is 9.88. The highest BCUT2D eigenvalue weighted by Gasteiger charge is 2.16. The second-order valence-electron chi connectivity index (χ2n) is 8.81. The van der Waals surface area contributed by atoms with Crippen molar-refractivity contribution < 1.29 is 29.0 Å². The molecule has 2 amide bonds. The molecule has 182 valence electrons. The molecule has 0 unspecified atom stereocenters. The molecule has 0 fully saturated rings. The first-order valence-electron chi connectivity index (χ1n) is 10.9. The van der Waals surface area contributed by atoms with Crippen LogP contribution in [-0.4, -0.2) is 35.8 Å². The lowest BCUT2D eigenvalue weighted by atomic mass is 10.0. The van der Waals surface area contributed by atoms with Gasteiger partial charge in [0.1, 0.15) is 16.9 Å². The topological polar surface area (TPSA) is 114 Å². The number of phenols is 1. The molecule has 8 nitrogen and oxygen atoms in total. The maximum Gasteiger partial charge on any atom is 0.407 e. The Hall–Kier alpha value is -4.33. The SMILES string of the molecule is COC(=O)c1ccc(-c2cccc(C(=O)Nc3cccc(CNC(=O)OC(C)(C)C)c3)c2)cc1O. The molecule has 0 aliphatic rings. The van der Waals surface area contributed by atoms with E-state index < -0.39 is 17.7 Å². The van der Waals surface area contributed by atoms with E-state index in [4.69, 9.17) is 4.74 Å². The number of alkyl carbamates (subject to hydrolysis) is 1. The molecule has 3 aromatic carbocycles. The predicted octanol–water partition coefficient (Wildman–Crippen LogP) is 5.12. The summed E-state index contributed by atoms with van der Waals surface area (Å²) in [6.45, 7) is 5.62. The summed E-state index contributed by atoms with van der Waals surface area (Å²) in [6, 6.07) is 18.6. The lowest BCUT2D eigenvalue weighted by molar-refractivity contribution is 0.0522. The van der Waals surface area contributed by atoms with Gasteiger partial charge in [-0.25, -0.2) is 9.59 Å². The van der Waals surface area contributed by atoms with E-state index in [0.29, 0.717) is 22.4 Å². The third-order valence-corrected chi connectivity index (χ3v) is 4.88. The molecule has 0 aliphatic heterocycles. The molecule has 0 spiro atoms. The van der Waals surface area contributed by atoms with Gasteiger partial charge in [0.2, 0.25) is 0 Å². The zero-order chi connectivity index (χ0) is 25.6. The fourth-order valence-electron chi connectivity index (χ4n) is 3.28. The first kappa shape index (κ1) is 25.3. The molecule has 3 rings (SSSR count). The molecule has 3 N–H and O–H groups in total. The molecule has 0 saturated carbocycles. The van der Waals surface area contributed by atoms with Crippen molar-refractivity contribution in [3.63, 3.8) is 0 Å². The smallest absolute Gasteiger partial charge is 0.407 e. The van der Waals surface area contributed by atoms with Crippen molar-refractivity contribution in [3.05, 3.63) is 83.4 Å². The summed E-state index contributed by atoms with van der Waals surface area (Å²) in [4.78, 5) is 36.4. The van der Waals surface area contributed by atoms with Crippen LogP contribution in [0.3, 0.4) is 0 Å². The van der Waals surface area contributed by atoms with E-state index in [9.17, 15) is 19.5 Å². The standard InChI is InChI=1S/C27H28N2O6/c1-27(2,3)35-26(33)28-16-17-7-5-10-21(13-17)29-24(31)20-9-6-8-18(14-20)19-11-12-22(23(30)15-19)25(32)34-4/h5-15,30H,16H2,1-4H3,(H,28,33)(H,29,31). The van der Waals surface area contributed by atoms with Crippen LogP contribution in [0.15, 0.2) is 66.7 Å². The Morgan fingerprint density at radius 3 is 2.31 bits per heavy atom. The summed E-state index contributed by atoms with van der Waals surface area (Å²) >= 11 is 0. The number of esters is 1. The molecule has 8 heteroatoms. The van der Waals surface area contributed by atoms with E-state index >= 15 is 0 Å². The van der Waals surface area contributed by atoms with Gasteiger partial charge >= 0.3 is 12.1 Å². The summed E-state index contributed by atoms with van der Waals surface area (Å²) in [7, 11) is 1.24. The zero-order valence-corrected chi connectivity index (χ0v) is 20.0. The number of ether oxygens (including phenoxy) is 2. The van der Waals surface area contributed by atoms with E-state index in [0.717, 1.165) is 5.56 Å². The van der Waals surface area contributed by atoms with Gasteiger partial charge < -0.3 is 25.2 Å². The third kappa shape index (κ3) is 7.07. The number of hydrogen-bond acceptors (Lipinski definition) is 6. The highest BCUT2D eigenvalue weighted by molar-refractivity contribution is 6.05. The highest BCUT2D eigenvalue weighted by Crippen LogP contribution is 2.28. The van der Waals surface area contributed by atoms with E-state index in [1.807, 2.05) is 6.07 Å². The minimum atomic E-state index is -0.634. The number of carbonyl (C=O) groups excluding carboxylic acids is 3. The van der Waals surface area contributed by atoms with Crippen LogP contribution in [0, 0.1) is 0 Å². The molecule has 0 bridgehead atoms. The molecular formula is C27H28N2O6. The number of carbonyl (C=O) groups is 3. The van der Waals surface area contributed by atoms with Gasteiger partial charge in [-0.2, -0.15) is 0 Å². The molecule has 0 aliphatic carbocycles. The number of amides is 2. The van der Waals surface area contributed by atoms with Crippen molar-refractivity contribution >= 4 is 23.7 Å². The van der Waals surface area contributed by atoms with Crippen LogP contribution in [-0.2, 0) is 16.0 Å². The molecule has 0 atom stereocenters. The minimum Gasteiger partial charge on any atom is -0.507 e. The van der Waals surface area contributed by atoms with Gasteiger partial charge in [0, 0.05) is 17.8 Å². The Kier molecular flexibility index (Phi) is 7.76. The summed E-state index contributed by atoms with van der Waals surface area (Å²) in [5.41, 5.74) is 2.59. The van der Waals surface area contributed by atoms with Crippen LogP contribution in [0.4, 0.5) is 10.5 Å². The van der Waals surface area contributed by atoms with Crippen LogP contribution < -0.4 is 10.6 Å². The largest absolute Gasteiger partial charge is 0.507 e. The fraction of sp³-hybridized carbons (Fsp3) is 0.222. The van der Waals surface area contributed by atoms with Crippen LogP contribution in [0.25, 0.3) is 11.1 Å². The summed E-state index contributed by atoms with van der Waals surface area (Å²) in [6.07, 6.45) is -0.519. The molecule has 3 aromatic rings. The minimum absolute atomic E-state index is 0.0613. The Labute approximate surface area is 203 Å². The monoisotopic (exact) mass is 476 g/mol. The number of anilines is 1. The lowest BCUT2D eigenvalue weighted by Gasteiger charge is -2.19. The molecule has 0 heterocycles. The number of phenolic OH excluding ortho intramolecular Hbond substituents is 1. The van der Waals surface area contributed by atoms with Crippen molar-refractivity contribution in [2.24, 2.45) is 0 Å². The molecule has 35 heavy (non-hydrogen) atoms. The van der Waals surface area contributed by atoms with Crippen molar-refractivity contribution in [1.29, 1.82) is 0 Å². The van der Waals surface area contributed by atoms with Crippen LogP contribution in [0.5, 0.6) is 5.75 Å². The van der Waals surface area contributed by atoms with Crippen molar-refractivity contribution in [2.75, 3.05) is 12.4 Å². The van der Waals surface area contributed by atoms with E-state index in [-0.39, 0.29) is 23.8 Å². The lowest BCUT2D eigenvalue weighted by Crippen LogP contribution is -2.32. The third-order valence-electron chi connectivity index (χ3n) is 4.88. The van der Waals surface area contributed by atoms with Crippen LogP contribution in [0.1, 0.15) is 47.1 Å². The quantitative estimate of drug-likeness (QED) is 0.426. The van der Waals surface area contributed by atoms with Gasteiger partial charge in [-0.3, -0.25) is 4.79 Å². The van der Waals surface area contributed by atoms with Gasteiger partial charge in [-0.15, -0.1) is 0 Å². The van der Waals surface area contributed by atoms with Crippen molar-refractivity contribution in [3.8, 4) is 16.9 Å². The maximum atomic E-state index is 12.9. The fourth-order valence-corrected chi connectivity index (χ4v) is 3.28. The highest BCUT2D eigenvalue weighted by atomic mass is 16.6. The molecular weight excluding hydrogens is 448 g/mol. The Morgan fingerprint density at radius 2 is 1.63 bits per heavy atom. The number of rotatable bonds is 6. The summed E-state index contributed by atoms with van der Waals surface area (Å²) in [5, 5.41) is 15.7. The van der Waals surface area contributed by atoms with E-state index in [1.54, 1.807) is 69.3 Å².